The molecule has 0 fully saturated rings. The molecule has 0 aliphatic carbocycles. The van der Waals surface area contributed by atoms with Crippen LogP contribution >= 0.6 is 9.24 Å². The van der Waals surface area contributed by atoms with Gasteiger partial charge in [-0.25, -0.2) is 4.98 Å². The van der Waals surface area contributed by atoms with E-state index in [-0.39, 0.29) is 0 Å². The van der Waals surface area contributed by atoms with Gasteiger partial charge in [-0.1, -0.05) is 21.4 Å². The average Bonchev–Trinajstić information content (AvgIpc) is 2.04. The predicted molar refractivity (Wildman–Crippen MR) is 48.9 cm³/mol. The standard InChI is InChI=1S/C8H7N2P/c11-8-5-9-6-3-1-2-4-7(6)10-8/h1-5H,11H2. The molecule has 0 saturated heterocycles. The minimum atomic E-state index is 0.878. The fourth-order valence-corrected chi connectivity index (χ4v) is 1.19. The van der Waals surface area contributed by atoms with Crippen molar-refractivity contribution in [3.05, 3.63) is 30.5 Å². The van der Waals surface area contributed by atoms with E-state index in [2.05, 4.69) is 19.2 Å². The van der Waals surface area contributed by atoms with Gasteiger partial charge in [0.05, 0.1) is 22.7 Å². The van der Waals surface area contributed by atoms with Crippen LogP contribution in [0.4, 0.5) is 0 Å². The molecule has 0 radical (unpaired) electrons. The van der Waals surface area contributed by atoms with Crippen LogP contribution in [0.5, 0.6) is 0 Å². The van der Waals surface area contributed by atoms with Gasteiger partial charge in [-0.3, -0.25) is 4.98 Å². The lowest BCUT2D eigenvalue weighted by Gasteiger charge is -1.94. The highest BCUT2D eigenvalue weighted by atomic mass is 31.0. The summed E-state index contributed by atoms with van der Waals surface area (Å²) >= 11 is 0. The van der Waals surface area contributed by atoms with Gasteiger partial charge < -0.3 is 0 Å². The highest BCUT2D eigenvalue weighted by Crippen LogP contribution is 2.05. The van der Waals surface area contributed by atoms with Gasteiger partial charge in [0.15, 0.2) is 0 Å². The second kappa shape index (κ2) is 2.55. The second-order valence-electron chi connectivity index (χ2n) is 2.28. The van der Waals surface area contributed by atoms with E-state index in [9.17, 15) is 0 Å². The van der Waals surface area contributed by atoms with Crippen LogP contribution < -0.4 is 5.44 Å². The normalized spacial score (nSPS) is 10.3. The van der Waals surface area contributed by atoms with Gasteiger partial charge in [-0.2, -0.15) is 0 Å². The Kier molecular flexibility index (Phi) is 1.55. The second-order valence-corrected chi connectivity index (χ2v) is 2.88. The fourth-order valence-electron chi connectivity index (χ4n) is 0.972. The molecule has 0 amide bonds. The third-order valence-corrected chi connectivity index (χ3v) is 1.75. The van der Waals surface area contributed by atoms with Crippen molar-refractivity contribution in [3.8, 4) is 0 Å². The number of hydrogen-bond acceptors (Lipinski definition) is 2. The summed E-state index contributed by atoms with van der Waals surface area (Å²) in [6.07, 6.45) is 1.74. The van der Waals surface area contributed by atoms with Gasteiger partial charge in [0, 0.05) is 0 Å². The molecule has 1 heterocycles. The monoisotopic (exact) mass is 162 g/mol. The molecular formula is C8H7N2P. The molecular weight excluding hydrogens is 155 g/mol. The van der Waals surface area contributed by atoms with Crippen LogP contribution in [0.2, 0.25) is 0 Å². The first-order chi connectivity index (χ1) is 5.36. The summed E-state index contributed by atoms with van der Waals surface area (Å²) in [5.41, 5.74) is 2.77. The molecule has 3 heteroatoms. The maximum Gasteiger partial charge on any atom is 0.0894 e. The van der Waals surface area contributed by atoms with E-state index in [4.69, 9.17) is 0 Å². The zero-order chi connectivity index (χ0) is 7.68. The van der Waals surface area contributed by atoms with Crippen molar-refractivity contribution in [3.63, 3.8) is 0 Å². The largest absolute Gasteiger partial charge is 0.252 e. The van der Waals surface area contributed by atoms with Crippen LogP contribution in [0, 0.1) is 0 Å². The van der Waals surface area contributed by atoms with Crippen LogP contribution in [-0.2, 0) is 0 Å². The maximum absolute atomic E-state index is 4.28. The number of nitrogens with zero attached hydrogens (tertiary/aromatic N) is 2. The topological polar surface area (TPSA) is 25.8 Å². The quantitative estimate of drug-likeness (QED) is 0.542. The molecule has 2 aromatic rings. The molecule has 0 N–H and O–H groups in total. The lowest BCUT2D eigenvalue weighted by Crippen LogP contribution is -1.98. The number of rotatable bonds is 0. The van der Waals surface area contributed by atoms with Crippen molar-refractivity contribution in [2.75, 3.05) is 0 Å². The highest BCUT2D eigenvalue weighted by Gasteiger charge is 1.92. The first kappa shape index (κ1) is 6.68. The summed E-state index contributed by atoms with van der Waals surface area (Å²) in [6.45, 7) is 0. The van der Waals surface area contributed by atoms with E-state index in [1.54, 1.807) is 6.20 Å². The number of para-hydroxylation sites is 2. The van der Waals surface area contributed by atoms with E-state index in [0.29, 0.717) is 0 Å². The van der Waals surface area contributed by atoms with Crippen molar-refractivity contribution >= 4 is 25.7 Å². The Morgan fingerprint density at radius 1 is 1.09 bits per heavy atom. The van der Waals surface area contributed by atoms with Crippen LogP contribution in [0.15, 0.2) is 30.5 Å². The van der Waals surface area contributed by atoms with Gasteiger partial charge in [-0.05, 0) is 12.1 Å². The van der Waals surface area contributed by atoms with Crippen LogP contribution in [0.3, 0.4) is 0 Å². The molecule has 0 aliphatic rings. The first-order valence-corrected chi connectivity index (χ1v) is 3.91. The van der Waals surface area contributed by atoms with Crippen molar-refractivity contribution in [1.82, 2.24) is 9.97 Å². The number of aromatic nitrogens is 2. The third-order valence-electron chi connectivity index (χ3n) is 1.47. The summed E-state index contributed by atoms with van der Waals surface area (Å²) < 4.78 is 0. The van der Waals surface area contributed by atoms with Crippen molar-refractivity contribution in [2.24, 2.45) is 0 Å². The zero-order valence-corrected chi connectivity index (χ0v) is 7.01. The smallest absolute Gasteiger partial charge is 0.0894 e. The van der Waals surface area contributed by atoms with Crippen molar-refractivity contribution in [1.29, 1.82) is 0 Å². The van der Waals surface area contributed by atoms with E-state index in [1.165, 1.54) is 0 Å². The molecule has 1 atom stereocenters. The van der Waals surface area contributed by atoms with Crippen molar-refractivity contribution < 1.29 is 0 Å². The molecule has 54 valence electrons. The summed E-state index contributed by atoms with van der Waals surface area (Å²) in [7, 11) is 2.53. The molecule has 0 aliphatic heterocycles. The van der Waals surface area contributed by atoms with Crippen LogP contribution in [-0.4, -0.2) is 9.97 Å². The molecule has 1 aromatic heterocycles. The van der Waals surface area contributed by atoms with Gasteiger partial charge in [0.2, 0.25) is 0 Å². The molecule has 1 unspecified atom stereocenters. The lowest BCUT2D eigenvalue weighted by molar-refractivity contribution is 1.34. The van der Waals surface area contributed by atoms with E-state index in [0.717, 1.165) is 16.5 Å². The zero-order valence-electron chi connectivity index (χ0n) is 5.86. The average molecular weight is 162 g/mol. The van der Waals surface area contributed by atoms with Crippen molar-refractivity contribution in [2.45, 2.75) is 0 Å². The first-order valence-electron chi connectivity index (χ1n) is 3.33. The Bertz CT molecular complexity index is 387. The summed E-state index contributed by atoms with van der Waals surface area (Å²) in [5.74, 6) is 0. The Labute approximate surface area is 66.9 Å². The number of fused-ring (bicyclic) bond motifs is 1. The van der Waals surface area contributed by atoms with E-state index >= 15 is 0 Å². The van der Waals surface area contributed by atoms with Gasteiger partial charge in [0.25, 0.3) is 0 Å². The summed E-state index contributed by atoms with van der Waals surface area (Å²) in [5, 5.41) is 0. The Hall–Kier alpha value is -1.01. The molecule has 11 heavy (non-hydrogen) atoms. The Morgan fingerprint density at radius 2 is 1.82 bits per heavy atom. The molecule has 2 nitrogen and oxygen atoms in total. The van der Waals surface area contributed by atoms with Gasteiger partial charge in [-0.15, -0.1) is 0 Å². The molecule has 2 rings (SSSR count). The molecule has 0 saturated carbocycles. The lowest BCUT2D eigenvalue weighted by atomic mass is 10.3. The predicted octanol–water partition coefficient (Wildman–Crippen LogP) is 1.13. The molecule has 1 aromatic carbocycles. The fraction of sp³-hybridized carbons (Fsp3) is 0. The van der Waals surface area contributed by atoms with Crippen LogP contribution in [0.25, 0.3) is 11.0 Å². The maximum atomic E-state index is 4.28. The van der Waals surface area contributed by atoms with E-state index < -0.39 is 0 Å². The molecule has 0 spiro atoms. The summed E-state index contributed by atoms with van der Waals surface area (Å²) in [6, 6.07) is 7.82. The van der Waals surface area contributed by atoms with Gasteiger partial charge >= 0.3 is 0 Å². The van der Waals surface area contributed by atoms with E-state index in [1.807, 2.05) is 24.3 Å². The Morgan fingerprint density at radius 3 is 2.64 bits per heavy atom. The number of hydrogen-bond donors (Lipinski definition) is 0. The number of benzene rings is 1. The molecule has 0 bridgehead atoms. The Balaban J connectivity index is 2.83. The SMILES string of the molecule is Pc1cnc2ccccc2n1. The highest BCUT2D eigenvalue weighted by molar-refractivity contribution is 7.26. The summed E-state index contributed by atoms with van der Waals surface area (Å²) in [4.78, 5) is 8.47. The van der Waals surface area contributed by atoms with Crippen LogP contribution in [0.1, 0.15) is 0 Å². The van der Waals surface area contributed by atoms with Gasteiger partial charge in [0.1, 0.15) is 0 Å². The minimum Gasteiger partial charge on any atom is -0.252 e. The third kappa shape index (κ3) is 1.22. The minimum absolute atomic E-state index is 0.878.